The van der Waals surface area contributed by atoms with Gasteiger partial charge in [-0.15, -0.1) is 0 Å². The molecule has 0 spiro atoms. The Hall–Kier alpha value is -0.900. The van der Waals surface area contributed by atoms with Crippen LogP contribution < -0.4 is 10.8 Å². The number of hydroxylamine groups is 1. The fraction of sp³-hybridized carbons (Fsp3) is 0.538. The Kier molecular flexibility index (Phi) is 4.34. The minimum Gasteiger partial charge on any atom is -0.313 e. The maximum absolute atomic E-state index is 5.50. The van der Waals surface area contributed by atoms with Gasteiger partial charge in [0, 0.05) is 18.6 Å². The highest BCUT2D eigenvalue weighted by molar-refractivity contribution is 5.13. The van der Waals surface area contributed by atoms with Gasteiger partial charge < -0.3 is 5.32 Å². The highest BCUT2D eigenvalue weighted by Gasteiger charge is 2.16. The molecule has 0 aliphatic carbocycles. The zero-order chi connectivity index (χ0) is 11.2. The molecule has 1 aliphatic heterocycles. The Morgan fingerprint density at radius 1 is 1.31 bits per heavy atom. The van der Waals surface area contributed by atoms with Crippen molar-refractivity contribution in [3.05, 3.63) is 35.9 Å². The molecule has 0 saturated carbocycles. The van der Waals surface area contributed by atoms with Crippen LogP contribution in [0.1, 0.15) is 25.3 Å². The van der Waals surface area contributed by atoms with Gasteiger partial charge in [-0.1, -0.05) is 30.3 Å². The number of benzene rings is 1. The Bertz CT molecular complexity index is 294. The molecule has 1 aromatic carbocycles. The smallest absolute Gasteiger partial charge is 0.0933 e. The van der Waals surface area contributed by atoms with Crippen LogP contribution in [0, 0.1) is 0 Å². The summed E-state index contributed by atoms with van der Waals surface area (Å²) in [5.41, 5.74) is 4.33. The molecule has 0 bridgehead atoms. The quantitative estimate of drug-likeness (QED) is 0.760. The van der Waals surface area contributed by atoms with Crippen molar-refractivity contribution in [2.45, 2.75) is 38.5 Å². The van der Waals surface area contributed by atoms with Crippen LogP contribution in [0.4, 0.5) is 0 Å². The van der Waals surface area contributed by atoms with Gasteiger partial charge >= 0.3 is 0 Å². The highest BCUT2D eigenvalue weighted by atomic mass is 16.6. The second-order valence-corrected chi connectivity index (χ2v) is 4.48. The first-order valence-electron chi connectivity index (χ1n) is 5.99. The van der Waals surface area contributed by atoms with Gasteiger partial charge in [-0.25, -0.2) is 0 Å². The summed E-state index contributed by atoms with van der Waals surface area (Å²) in [4.78, 5) is 5.50. The number of piperidine rings is 1. The summed E-state index contributed by atoms with van der Waals surface area (Å²) in [6.45, 7) is 3.85. The maximum Gasteiger partial charge on any atom is 0.0933 e. The third-order valence-corrected chi connectivity index (χ3v) is 2.99. The van der Waals surface area contributed by atoms with Crippen LogP contribution in [0.25, 0.3) is 0 Å². The van der Waals surface area contributed by atoms with Crippen LogP contribution in [0.3, 0.4) is 0 Å². The second-order valence-electron chi connectivity index (χ2n) is 4.48. The van der Waals surface area contributed by atoms with E-state index in [0.717, 1.165) is 6.54 Å². The predicted octanol–water partition coefficient (Wildman–Crippen LogP) is 1.85. The molecule has 2 N–H and O–H groups in total. The first-order chi connectivity index (χ1) is 7.84. The number of rotatable bonds is 4. The Labute approximate surface area is 97.1 Å². The van der Waals surface area contributed by atoms with Gasteiger partial charge in [0.05, 0.1) is 6.61 Å². The van der Waals surface area contributed by atoms with Crippen molar-refractivity contribution in [2.24, 2.45) is 0 Å². The van der Waals surface area contributed by atoms with E-state index in [1.807, 2.05) is 18.2 Å². The topological polar surface area (TPSA) is 33.3 Å². The van der Waals surface area contributed by atoms with E-state index in [0.29, 0.717) is 18.7 Å². The molecule has 88 valence electrons. The number of nitrogens with one attached hydrogen (secondary N) is 2. The average molecular weight is 220 g/mol. The summed E-state index contributed by atoms with van der Waals surface area (Å²) in [5, 5.41) is 3.44. The lowest BCUT2D eigenvalue weighted by Gasteiger charge is -2.27. The minimum atomic E-state index is 0.444. The van der Waals surface area contributed by atoms with Crippen molar-refractivity contribution in [3.63, 3.8) is 0 Å². The van der Waals surface area contributed by atoms with E-state index in [2.05, 4.69) is 29.9 Å². The lowest BCUT2D eigenvalue weighted by Crippen LogP contribution is -2.46. The lowest BCUT2D eigenvalue weighted by molar-refractivity contribution is -0.00344. The first-order valence-corrected chi connectivity index (χ1v) is 5.99. The van der Waals surface area contributed by atoms with Crippen LogP contribution in [0.2, 0.25) is 0 Å². The van der Waals surface area contributed by atoms with Gasteiger partial charge in [0.2, 0.25) is 0 Å². The first kappa shape index (κ1) is 11.6. The minimum absolute atomic E-state index is 0.444. The molecule has 1 fully saturated rings. The van der Waals surface area contributed by atoms with Crippen molar-refractivity contribution in [1.82, 2.24) is 10.8 Å². The second kappa shape index (κ2) is 5.99. The number of hydrogen-bond donors (Lipinski definition) is 2. The van der Waals surface area contributed by atoms with Crippen LogP contribution in [-0.2, 0) is 11.4 Å². The normalized spacial score (nSPS) is 25.6. The van der Waals surface area contributed by atoms with E-state index in [1.165, 1.54) is 18.4 Å². The van der Waals surface area contributed by atoms with E-state index in [4.69, 9.17) is 4.84 Å². The molecular weight excluding hydrogens is 200 g/mol. The van der Waals surface area contributed by atoms with Crippen LogP contribution >= 0.6 is 0 Å². The molecule has 2 atom stereocenters. The third-order valence-electron chi connectivity index (χ3n) is 2.99. The van der Waals surface area contributed by atoms with Crippen molar-refractivity contribution in [3.8, 4) is 0 Å². The molecule has 1 unspecified atom stereocenters. The highest BCUT2D eigenvalue weighted by Crippen LogP contribution is 2.07. The zero-order valence-corrected chi connectivity index (χ0v) is 9.78. The molecule has 0 amide bonds. The van der Waals surface area contributed by atoms with E-state index < -0.39 is 0 Å². The lowest BCUT2D eigenvalue weighted by atomic mass is 10.0. The molecule has 1 aliphatic rings. The van der Waals surface area contributed by atoms with Crippen molar-refractivity contribution in [2.75, 3.05) is 6.54 Å². The van der Waals surface area contributed by atoms with Crippen LogP contribution in [0.15, 0.2) is 30.3 Å². The van der Waals surface area contributed by atoms with E-state index in [9.17, 15) is 0 Å². The monoisotopic (exact) mass is 220 g/mol. The van der Waals surface area contributed by atoms with Gasteiger partial charge in [0.1, 0.15) is 0 Å². The van der Waals surface area contributed by atoms with Gasteiger partial charge in [-0.3, -0.25) is 4.84 Å². The Balaban J connectivity index is 1.65. The van der Waals surface area contributed by atoms with E-state index >= 15 is 0 Å². The fourth-order valence-corrected chi connectivity index (χ4v) is 1.92. The molecule has 2 rings (SSSR count). The summed E-state index contributed by atoms with van der Waals surface area (Å²) in [7, 11) is 0. The molecule has 1 aromatic rings. The van der Waals surface area contributed by atoms with E-state index in [-0.39, 0.29) is 0 Å². The molecule has 16 heavy (non-hydrogen) atoms. The van der Waals surface area contributed by atoms with Gasteiger partial charge in [-0.05, 0) is 25.3 Å². The molecule has 0 radical (unpaired) electrons. The summed E-state index contributed by atoms with van der Waals surface area (Å²) >= 11 is 0. The van der Waals surface area contributed by atoms with Crippen molar-refractivity contribution >= 4 is 0 Å². The van der Waals surface area contributed by atoms with Crippen LogP contribution in [0.5, 0.6) is 0 Å². The van der Waals surface area contributed by atoms with Gasteiger partial charge in [0.15, 0.2) is 0 Å². The zero-order valence-electron chi connectivity index (χ0n) is 9.78. The number of hydrogen-bond acceptors (Lipinski definition) is 3. The molecule has 1 saturated heterocycles. The molecule has 3 nitrogen and oxygen atoms in total. The van der Waals surface area contributed by atoms with Gasteiger partial charge in [-0.2, -0.15) is 5.48 Å². The predicted molar refractivity (Wildman–Crippen MR) is 64.9 cm³/mol. The summed E-state index contributed by atoms with van der Waals surface area (Å²) in [6.07, 6.45) is 2.40. The Morgan fingerprint density at radius 2 is 2.12 bits per heavy atom. The molecule has 0 aromatic heterocycles. The summed E-state index contributed by atoms with van der Waals surface area (Å²) in [6, 6.07) is 11.3. The summed E-state index contributed by atoms with van der Waals surface area (Å²) < 4.78 is 0. The maximum atomic E-state index is 5.50. The van der Waals surface area contributed by atoms with Crippen molar-refractivity contribution < 1.29 is 4.84 Å². The summed E-state index contributed by atoms with van der Waals surface area (Å²) in [5.74, 6) is 0. The van der Waals surface area contributed by atoms with Crippen molar-refractivity contribution in [1.29, 1.82) is 0 Å². The van der Waals surface area contributed by atoms with Crippen LogP contribution in [-0.4, -0.2) is 18.6 Å². The fourth-order valence-electron chi connectivity index (χ4n) is 1.92. The average Bonchev–Trinajstić information content (AvgIpc) is 2.33. The molecule has 3 heteroatoms. The van der Waals surface area contributed by atoms with Gasteiger partial charge in [0.25, 0.3) is 0 Å². The SMILES string of the molecule is C[C@@H]1CCC(NOCc2ccccc2)CN1. The molecular formula is C13H20N2O. The Morgan fingerprint density at radius 3 is 2.81 bits per heavy atom. The largest absolute Gasteiger partial charge is 0.313 e. The third kappa shape index (κ3) is 3.59. The standard InChI is InChI=1S/C13H20N2O/c1-11-7-8-13(9-14-11)15-16-10-12-5-3-2-4-6-12/h2-6,11,13-15H,7-10H2,1H3/t11-,13?/m1/s1. The van der Waals surface area contributed by atoms with E-state index in [1.54, 1.807) is 0 Å². The molecule has 1 heterocycles.